The lowest BCUT2D eigenvalue weighted by atomic mass is 9.65. The Kier molecular flexibility index (Phi) is 3.58. The molecule has 0 unspecified atom stereocenters. The fourth-order valence-electron chi connectivity index (χ4n) is 3.72. The molecule has 2 bridgehead atoms. The van der Waals surface area contributed by atoms with E-state index in [4.69, 9.17) is 4.74 Å². The quantitative estimate of drug-likeness (QED) is 0.762. The van der Waals surface area contributed by atoms with Gasteiger partial charge in [0.1, 0.15) is 6.10 Å². The minimum Gasteiger partial charge on any atom is -0.458 e. The zero-order valence-electron chi connectivity index (χ0n) is 11.5. The maximum absolute atomic E-state index is 12.3. The zero-order chi connectivity index (χ0) is 13.2. The summed E-state index contributed by atoms with van der Waals surface area (Å²) in [5, 5.41) is 0. The van der Waals surface area contributed by atoms with Gasteiger partial charge in [-0.05, 0) is 43.6 Å². The van der Waals surface area contributed by atoms with Gasteiger partial charge in [-0.25, -0.2) is 0 Å². The van der Waals surface area contributed by atoms with Crippen LogP contribution in [0.25, 0.3) is 0 Å². The molecule has 0 heterocycles. The molecular formula is C17H22O2. The van der Waals surface area contributed by atoms with Crippen molar-refractivity contribution in [3.8, 4) is 0 Å². The minimum atomic E-state index is -0.130. The molecule has 0 radical (unpaired) electrons. The van der Waals surface area contributed by atoms with Crippen LogP contribution in [0.2, 0.25) is 0 Å². The van der Waals surface area contributed by atoms with E-state index in [1.807, 2.05) is 37.3 Å². The molecule has 0 N–H and O–H groups in total. The van der Waals surface area contributed by atoms with Crippen molar-refractivity contribution in [2.75, 3.05) is 0 Å². The predicted molar refractivity (Wildman–Crippen MR) is 74.5 cm³/mol. The van der Waals surface area contributed by atoms with E-state index in [2.05, 4.69) is 0 Å². The maximum Gasteiger partial charge on any atom is 0.309 e. The van der Waals surface area contributed by atoms with Gasteiger partial charge < -0.3 is 4.74 Å². The van der Waals surface area contributed by atoms with E-state index < -0.39 is 0 Å². The van der Waals surface area contributed by atoms with Crippen LogP contribution in [-0.2, 0) is 9.53 Å². The highest BCUT2D eigenvalue weighted by atomic mass is 16.5. The third kappa shape index (κ3) is 2.68. The van der Waals surface area contributed by atoms with Crippen molar-refractivity contribution in [3.63, 3.8) is 0 Å². The Bertz CT molecular complexity index is 432. The predicted octanol–water partition coefficient (Wildman–Crippen LogP) is 4.12. The molecule has 0 amide bonds. The molecule has 19 heavy (non-hydrogen) atoms. The van der Waals surface area contributed by atoms with Crippen molar-refractivity contribution in [1.82, 2.24) is 0 Å². The molecular weight excluding hydrogens is 236 g/mol. The van der Waals surface area contributed by atoms with E-state index in [9.17, 15) is 4.79 Å². The van der Waals surface area contributed by atoms with E-state index in [-0.39, 0.29) is 18.0 Å². The molecule has 0 aliphatic heterocycles. The summed E-state index contributed by atoms with van der Waals surface area (Å²) in [5.41, 5.74) is 1.08. The lowest BCUT2D eigenvalue weighted by Gasteiger charge is -2.41. The van der Waals surface area contributed by atoms with Gasteiger partial charge in [0, 0.05) is 0 Å². The smallest absolute Gasteiger partial charge is 0.309 e. The Morgan fingerprint density at radius 3 is 2.42 bits per heavy atom. The lowest BCUT2D eigenvalue weighted by molar-refractivity contribution is -0.159. The second kappa shape index (κ2) is 5.36. The number of carbonyl (C=O) groups is 1. The normalized spacial score (nSPS) is 30.9. The standard InChI is InChI=1S/C17H22O2/c1-12(14-5-3-2-4-6-14)19-17(18)16-11-13-7-9-15(16)10-8-13/h2-6,12-13,15-16H,7-11H2,1H3/t12-,13-,15+,16-/m1/s1. The zero-order valence-corrected chi connectivity index (χ0v) is 11.5. The number of hydrogen-bond acceptors (Lipinski definition) is 2. The number of fused-ring (bicyclic) bond motifs is 3. The summed E-state index contributed by atoms with van der Waals surface area (Å²) in [6.45, 7) is 1.97. The lowest BCUT2D eigenvalue weighted by Crippen LogP contribution is -2.37. The van der Waals surface area contributed by atoms with Gasteiger partial charge in [-0.2, -0.15) is 0 Å². The number of ether oxygens (including phenoxy) is 1. The van der Waals surface area contributed by atoms with Crippen LogP contribution in [0.15, 0.2) is 30.3 Å². The van der Waals surface area contributed by atoms with Crippen molar-refractivity contribution < 1.29 is 9.53 Å². The van der Waals surface area contributed by atoms with Crippen molar-refractivity contribution >= 4 is 5.97 Å². The van der Waals surface area contributed by atoms with Crippen LogP contribution in [0.3, 0.4) is 0 Å². The number of benzene rings is 1. The summed E-state index contributed by atoms with van der Waals surface area (Å²) in [6, 6.07) is 10.00. The van der Waals surface area contributed by atoms with Crippen molar-refractivity contribution in [2.45, 2.75) is 45.1 Å². The monoisotopic (exact) mass is 258 g/mol. The summed E-state index contributed by atoms with van der Waals surface area (Å²) in [6.07, 6.45) is 6.03. The summed E-state index contributed by atoms with van der Waals surface area (Å²) in [7, 11) is 0. The average molecular weight is 258 g/mol. The Morgan fingerprint density at radius 1 is 1.16 bits per heavy atom. The van der Waals surface area contributed by atoms with Crippen molar-refractivity contribution in [2.24, 2.45) is 17.8 Å². The molecule has 0 spiro atoms. The first-order valence-electron chi connectivity index (χ1n) is 7.49. The van der Waals surface area contributed by atoms with Gasteiger partial charge in [-0.1, -0.05) is 43.2 Å². The molecule has 3 fully saturated rings. The third-order valence-electron chi connectivity index (χ3n) is 4.91. The number of hydrogen-bond donors (Lipinski definition) is 0. The van der Waals surface area contributed by atoms with Crippen LogP contribution in [0.1, 0.15) is 50.7 Å². The molecule has 2 atom stereocenters. The molecule has 4 rings (SSSR count). The number of esters is 1. The molecule has 0 saturated heterocycles. The minimum absolute atomic E-state index is 0.0331. The van der Waals surface area contributed by atoms with E-state index in [0.717, 1.165) is 17.9 Å². The fraction of sp³-hybridized carbons (Fsp3) is 0.588. The molecule has 3 aliphatic carbocycles. The van der Waals surface area contributed by atoms with E-state index >= 15 is 0 Å². The summed E-state index contributed by atoms with van der Waals surface area (Å²) < 4.78 is 5.69. The average Bonchev–Trinajstić information content (AvgIpc) is 2.49. The molecule has 3 aliphatic rings. The second-order valence-corrected chi connectivity index (χ2v) is 6.11. The van der Waals surface area contributed by atoms with Crippen molar-refractivity contribution in [3.05, 3.63) is 35.9 Å². The maximum atomic E-state index is 12.3. The van der Waals surface area contributed by atoms with Crippen molar-refractivity contribution in [1.29, 1.82) is 0 Å². The van der Waals surface area contributed by atoms with Gasteiger partial charge >= 0.3 is 5.97 Å². The van der Waals surface area contributed by atoms with Crippen LogP contribution in [0.5, 0.6) is 0 Å². The highest BCUT2D eigenvalue weighted by molar-refractivity contribution is 5.73. The Morgan fingerprint density at radius 2 is 1.84 bits per heavy atom. The first kappa shape index (κ1) is 12.7. The van der Waals surface area contributed by atoms with Gasteiger partial charge in [0.05, 0.1) is 5.92 Å². The molecule has 2 heteroatoms. The molecule has 2 nitrogen and oxygen atoms in total. The van der Waals surface area contributed by atoms with Gasteiger partial charge in [0.25, 0.3) is 0 Å². The highest BCUT2D eigenvalue weighted by Crippen LogP contribution is 2.45. The van der Waals surface area contributed by atoms with Crippen LogP contribution in [0.4, 0.5) is 0 Å². The van der Waals surface area contributed by atoms with Crippen LogP contribution in [0, 0.1) is 17.8 Å². The van der Waals surface area contributed by atoms with Crippen LogP contribution < -0.4 is 0 Å². The van der Waals surface area contributed by atoms with Gasteiger partial charge in [-0.3, -0.25) is 4.79 Å². The first-order valence-corrected chi connectivity index (χ1v) is 7.49. The molecule has 1 aromatic carbocycles. The molecule has 1 aromatic rings. The van der Waals surface area contributed by atoms with Gasteiger partial charge in [0.15, 0.2) is 0 Å². The molecule has 3 saturated carbocycles. The summed E-state index contributed by atoms with van der Waals surface area (Å²) in [5.74, 6) is 1.56. The first-order chi connectivity index (χ1) is 9.24. The van der Waals surface area contributed by atoms with E-state index in [0.29, 0.717) is 5.92 Å². The SMILES string of the molecule is C[C@@H](OC(=O)[C@@H]1C[C@H]2CC[C@@H]1CC2)c1ccccc1. The fourth-order valence-corrected chi connectivity index (χ4v) is 3.72. The van der Waals surface area contributed by atoms with Crippen LogP contribution >= 0.6 is 0 Å². The second-order valence-electron chi connectivity index (χ2n) is 6.11. The highest BCUT2D eigenvalue weighted by Gasteiger charge is 2.40. The van der Waals surface area contributed by atoms with Gasteiger partial charge in [-0.15, -0.1) is 0 Å². The molecule has 0 aromatic heterocycles. The Labute approximate surface area is 115 Å². The topological polar surface area (TPSA) is 26.3 Å². The summed E-state index contributed by atoms with van der Waals surface area (Å²) >= 11 is 0. The Balaban J connectivity index is 1.62. The largest absolute Gasteiger partial charge is 0.458 e. The summed E-state index contributed by atoms with van der Waals surface area (Å²) in [4.78, 5) is 12.3. The number of carbonyl (C=O) groups excluding carboxylic acids is 1. The van der Waals surface area contributed by atoms with E-state index in [1.165, 1.54) is 25.7 Å². The van der Waals surface area contributed by atoms with Gasteiger partial charge in [0.2, 0.25) is 0 Å². The third-order valence-corrected chi connectivity index (χ3v) is 4.91. The van der Waals surface area contributed by atoms with Crippen LogP contribution in [-0.4, -0.2) is 5.97 Å². The Hall–Kier alpha value is -1.31. The van der Waals surface area contributed by atoms with E-state index in [1.54, 1.807) is 0 Å². The number of rotatable bonds is 3. The molecule has 102 valence electrons.